The number of aliphatic hydroxyl groups is 1. The summed E-state index contributed by atoms with van der Waals surface area (Å²) in [5, 5.41) is 32.8. The van der Waals surface area contributed by atoms with E-state index >= 15 is 0 Å². The van der Waals surface area contributed by atoms with Crippen LogP contribution in [0.2, 0.25) is 0 Å². The van der Waals surface area contributed by atoms with E-state index < -0.39 is 11.7 Å². The van der Waals surface area contributed by atoms with Gasteiger partial charge in [0.15, 0.2) is 18.5 Å². The zero-order chi connectivity index (χ0) is 82.8. The van der Waals surface area contributed by atoms with Gasteiger partial charge in [-0.15, -0.1) is 101 Å². The molecule has 0 atom stereocenters. The molecule has 0 spiro atoms. The summed E-state index contributed by atoms with van der Waals surface area (Å²) < 4.78 is 40.6. The predicted octanol–water partition coefficient (Wildman–Crippen LogP) is 26.2. The molecular formula is C104H94F3Ir2N7O4Pt-2. The number of phenolic OH excluding ortho intramolecular Hbond substituents is 2. The van der Waals surface area contributed by atoms with Crippen molar-refractivity contribution in [3.63, 3.8) is 0 Å². The normalized spacial score (nSPS) is 11.1. The van der Waals surface area contributed by atoms with Gasteiger partial charge in [-0.05, 0) is 178 Å². The van der Waals surface area contributed by atoms with Crippen LogP contribution in [-0.2, 0) is 89.6 Å². The topological polar surface area (TPSA) is 149 Å². The van der Waals surface area contributed by atoms with Crippen LogP contribution in [0.1, 0.15) is 96.2 Å². The number of carbonyl (C=O) groups excluding carboxylic acids is 1. The molecule has 1 aliphatic rings. The molecule has 0 amide bonds. The molecule has 121 heavy (non-hydrogen) atoms. The van der Waals surface area contributed by atoms with Gasteiger partial charge >= 0.3 is 6.18 Å². The van der Waals surface area contributed by atoms with Crippen LogP contribution in [0, 0.1) is 32.0 Å². The molecule has 0 fully saturated rings. The molecule has 7 heterocycles. The Morgan fingerprint density at radius 2 is 0.983 bits per heavy atom. The van der Waals surface area contributed by atoms with E-state index in [-0.39, 0.29) is 108 Å². The molecular weight excluding hydrogens is 2050 g/mol. The van der Waals surface area contributed by atoms with E-state index in [9.17, 15) is 28.2 Å². The number of anilines is 3. The number of allylic oxidation sites excluding steroid dienone is 2. The summed E-state index contributed by atoms with van der Waals surface area (Å²) in [6, 6.07) is 110. The van der Waals surface area contributed by atoms with Gasteiger partial charge in [-0.3, -0.25) is 9.78 Å². The fourth-order valence-corrected chi connectivity index (χ4v) is 13.2. The fourth-order valence-electron chi connectivity index (χ4n) is 13.2. The first-order valence-corrected chi connectivity index (χ1v) is 38.4. The zero-order valence-corrected chi connectivity index (χ0v) is 75.0. The molecule has 0 saturated heterocycles. The van der Waals surface area contributed by atoms with Gasteiger partial charge in [0.05, 0.1) is 45.3 Å². The van der Waals surface area contributed by atoms with Gasteiger partial charge < -0.3 is 30.2 Å². The molecule has 0 unspecified atom stereocenters. The van der Waals surface area contributed by atoms with E-state index in [4.69, 9.17) is 15.1 Å². The number of carbonyl (C=O) groups is 1. The Bertz CT molecular complexity index is 5980. The first-order valence-electron chi connectivity index (χ1n) is 38.4. The van der Waals surface area contributed by atoms with Gasteiger partial charge in [-0.25, -0.2) is 9.97 Å². The standard InChI is InChI=1S/C30H32N2O2.C24H19N2.C17H11F3N.C15H10N.C12H10N.C5H8O2.CH4.2Ir.Pt/c1-29(2,3)19-15-23(21-11-7-9-13-27(21)33)31-25(17-19)26-18-20(30(4,5)6)16-24(32-26)22-12-8-10-14-28(22)34;1-3-10-20(11-4-1)26(21-12-5-2-6-13-21)22-15-16-25-18-19-9-7-8-14-23(19)24(25)17-22;1-11-10-13(6-8-14(11)17(18,19)20)16-9-7-12-4-2-3-5-15(12)21-16;1-2-7-13(8-3-1)15-14-9-5-4-6-12(14)10-11-16-15;1-10-7-8-12(13-9-10)11-5-3-2-4-6-11;1-4(6)3-5(2)7;;;;/h7-18,33-34H,1-6H3;1-17H,18H2;2-9H,1H3;1-7,9-11H;2-5,7-9H,1H3;3,6H,1-2H3;1H4;;;/q;+1;3*-1;;;;;. The van der Waals surface area contributed by atoms with Crippen LogP contribution in [0.25, 0.3) is 101 Å². The van der Waals surface area contributed by atoms with E-state index in [2.05, 4.69) is 218 Å². The van der Waals surface area contributed by atoms with Crippen molar-refractivity contribution in [2.75, 3.05) is 4.90 Å². The molecule has 2 radical (unpaired) electrons. The molecule has 3 N–H and O–H groups in total. The summed E-state index contributed by atoms with van der Waals surface area (Å²) in [5.41, 5.74) is 20.3. The fraction of sp³-hybridized carbons (Fsp3) is 0.144. The number of hydrogen-bond donors (Lipinski definition) is 3. The Morgan fingerprint density at radius 1 is 0.479 bits per heavy atom. The van der Waals surface area contributed by atoms with Gasteiger partial charge in [0, 0.05) is 120 Å². The Kier molecular flexibility index (Phi) is 33.8. The van der Waals surface area contributed by atoms with E-state index in [1.165, 1.54) is 71.8 Å². The average molecular weight is 2140 g/mol. The second-order valence-electron chi connectivity index (χ2n) is 30.2. The van der Waals surface area contributed by atoms with Crippen LogP contribution >= 0.6 is 0 Å². The number of rotatable bonds is 10. The summed E-state index contributed by atoms with van der Waals surface area (Å²) in [4.78, 5) is 35.4. The molecule has 620 valence electrons. The number of hydrogen-bond acceptors (Lipinski definition) is 10. The number of aromatic nitrogens is 6. The average Bonchev–Trinajstić information content (AvgIpc) is 1.76. The van der Waals surface area contributed by atoms with Crippen molar-refractivity contribution in [2.45, 2.75) is 100 Å². The minimum atomic E-state index is -4.35. The minimum absolute atomic E-state index is 0. The van der Waals surface area contributed by atoms with Crippen LogP contribution in [0.15, 0.2) is 340 Å². The van der Waals surface area contributed by atoms with Crippen molar-refractivity contribution in [3.05, 3.63) is 391 Å². The molecule has 6 aromatic heterocycles. The van der Waals surface area contributed by atoms with Gasteiger partial charge in [-0.1, -0.05) is 201 Å². The van der Waals surface area contributed by atoms with Crippen LogP contribution in [0.3, 0.4) is 0 Å². The van der Waals surface area contributed by atoms with Crippen molar-refractivity contribution in [1.29, 1.82) is 0 Å². The van der Waals surface area contributed by atoms with Crippen LogP contribution in [0.5, 0.6) is 11.5 Å². The van der Waals surface area contributed by atoms with Gasteiger partial charge in [-0.2, -0.15) is 17.7 Å². The smallest absolute Gasteiger partial charge is 0.381 e. The Labute approximate surface area is 749 Å². The predicted molar refractivity (Wildman–Crippen MR) is 474 cm³/mol. The van der Waals surface area contributed by atoms with Crippen LogP contribution < -0.4 is 9.47 Å². The Balaban J connectivity index is 0.000000188. The second-order valence-corrected chi connectivity index (χ2v) is 30.2. The number of para-hydroxylation sites is 5. The largest absolute Gasteiger partial charge is 0.512 e. The Morgan fingerprint density at radius 3 is 1.50 bits per heavy atom. The first-order chi connectivity index (χ1) is 56.2. The number of ketones is 1. The number of fused-ring (bicyclic) bond motifs is 5. The summed E-state index contributed by atoms with van der Waals surface area (Å²) >= 11 is 0. The number of alkyl halides is 3. The molecule has 0 saturated carbocycles. The first kappa shape index (κ1) is 94.5. The molecule has 17 rings (SSSR count). The Hall–Kier alpha value is -12.0. The van der Waals surface area contributed by atoms with Crippen molar-refractivity contribution < 1.29 is 99.1 Å². The monoisotopic (exact) mass is 2140 g/mol. The number of pyridine rings is 6. The van der Waals surface area contributed by atoms with E-state index in [0.29, 0.717) is 33.8 Å². The third-order valence-corrected chi connectivity index (χ3v) is 19.2. The number of aliphatic hydroxyl groups excluding tert-OH is 1. The molecule has 0 bridgehead atoms. The maximum absolute atomic E-state index is 12.8. The second kappa shape index (κ2) is 43.3. The molecule has 1 aliphatic heterocycles. The molecule has 17 heteroatoms. The van der Waals surface area contributed by atoms with Gasteiger partial charge in [0.1, 0.15) is 11.5 Å². The van der Waals surface area contributed by atoms with Gasteiger partial charge in [0.2, 0.25) is 5.69 Å². The molecule has 16 aromatic rings. The summed E-state index contributed by atoms with van der Waals surface area (Å²) in [7, 11) is 0. The third kappa shape index (κ3) is 25.1. The number of aromatic hydroxyl groups is 2. The van der Waals surface area contributed by atoms with Crippen LogP contribution in [-0.4, -0.2) is 46.0 Å². The molecule has 11 nitrogen and oxygen atoms in total. The molecule has 10 aromatic carbocycles. The number of phenols is 2. The third-order valence-electron chi connectivity index (χ3n) is 19.2. The number of nitrogens with zero attached hydrogens (tertiary/aromatic N) is 7. The van der Waals surface area contributed by atoms with Crippen molar-refractivity contribution >= 4 is 44.5 Å². The zero-order valence-electron chi connectivity index (χ0n) is 68.0. The van der Waals surface area contributed by atoms with E-state index in [1.807, 2.05) is 159 Å². The number of benzene rings is 10. The van der Waals surface area contributed by atoms with E-state index in [1.54, 1.807) is 30.3 Å². The summed E-state index contributed by atoms with van der Waals surface area (Å²) in [6.45, 7) is 20.2. The maximum atomic E-state index is 12.8. The van der Waals surface area contributed by atoms with Crippen LogP contribution in [0.4, 0.5) is 30.2 Å². The summed E-state index contributed by atoms with van der Waals surface area (Å²) in [5.74, 6) is 0.323. The van der Waals surface area contributed by atoms with E-state index in [0.717, 1.165) is 79.9 Å². The van der Waals surface area contributed by atoms with Gasteiger partial charge in [0.25, 0.3) is 0 Å². The van der Waals surface area contributed by atoms with Crippen molar-refractivity contribution in [3.8, 4) is 90.4 Å². The molecule has 0 aliphatic carbocycles. The summed E-state index contributed by atoms with van der Waals surface area (Å²) in [6.07, 6.45) is 2.73. The van der Waals surface area contributed by atoms with Crippen molar-refractivity contribution in [1.82, 2.24) is 24.9 Å². The van der Waals surface area contributed by atoms with Crippen molar-refractivity contribution in [2.24, 2.45) is 0 Å². The quantitative estimate of drug-likeness (QED) is 0.0523. The number of halogens is 3. The maximum Gasteiger partial charge on any atom is 0.381 e. The SMILES string of the molecule is C.CC(=O)C=C(C)O.CC(C)(C)c1cc(-c2cc(C(C)(C)C)cc(-c3ccccc3O)n2)nc(-c2ccccc2O)c1.Cc1[c-]c(-c2ccc3ccccc3n2)ccc1C(F)(F)F.Cc1ccc(-c2[c-]cccc2)nc1.[Ir].[Ir].[Pt].[c-]1ccccc1-c1nccc2ccccc12.c1ccc(N(c2ccccc2)c2cc[n+]3c(c2)-c2ccccc2C3)cc1. The minimum Gasteiger partial charge on any atom is -0.512 e. The number of aryl methyl sites for hydroxylation is 2.